The molecule has 0 spiro atoms. The number of aryl methyl sites for hydroxylation is 1. The smallest absolute Gasteiger partial charge is 0.239 e. The predicted molar refractivity (Wildman–Crippen MR) is 70.8 cm³/mol. The highest BCUT2D eigenvalue weighted by Gasteiger charge is 2.19. The van der Waals surface area contributed by atoms with Crippen LogP contribution in [-0.2, 0) is 4.79 Å². The van der Waals surface area contributed by atoms with Crippen LogP contribution in [0.1, 0.15) is 18.6 Å². The van der Waals surface area contributed by atoms with Crippen LogP contribution >= 0.6 is 12.4 Å². The summed E-state index contributed by atoms with van der Waals surface area (Å²) in [6, 6.07) is 1.88. The number of hydrogen-bond donors (Lipinski definition) is 2. The maximum Gasteiger partial charge on any atom is 0.239 e. The Balaban J connectivity index is 0.00000162. The fourth-order valence-corrected chi connectivity index (χ4v) is 2.05. The lowest BCUT2D eigenvalue weighted by Gasteiger charge is -2.29. The van der Waals surface area contributed by atoms with Gasteiger partial charge in [0.25, 0.3) is 0 Å². The maximum absolute atomic E-state index is 11.7. The van der Waals surface area contributed by atoms with Crippen molar-refractivity contribution in [3.05, 3.63) is 11.8 Å². The van der Waals surface area contributed by atoms with Gasteiger partial charge in [0.2, 0.25) is 5.91 Å². The van der Waals surface area contributed by atoms with Crippen LogP contribution in [-0.4, -0.2) is 41.6 Å². The Kier molecular flexibility index (Phi) is 5.58. The molecule has 6 nitrogen and oxygen atoms in total. The number of carbonyl (C=O) groups excluding carboxylic acids is 1. The molecule has 18 heavy (non-hydrogen) atoms. The Labute approximate surface area is 112 Å². The maximum atomic E-state index is 11.7. The van der Waals surface area contributed by atoms with Crippen molar-refractivity contribution in [2.24, 2.45) is 5.73 Å². The average molecular weight is 275 g/mol. The summed E-state index contributed by atoms with van der Waals surface area (Å²) in [5.41, 5.74) is 5.86. The van der Waals surface area contributed by atoms with E-state index >= 15 is 0 Å². The van der Waals surface area contributed by atoms with E-state index in [0.29, 0.717) is 18.1 Å². The van der Waals surface area contributed by atoms with Gasteiger partial charge in [-0.1, -0.05) is 5.16 Å². The zero-order valence-corrected chi connectivity index (χ0v) is 11.2. The Morgan fingerprint density at radius 1 is 1.72 bits per heavy atom. The van der Waals surface area contributed by atoms with E-state index in [4.69, 9.17) is 10.3 Å². The number of nitrogens with zero attached hydrogens (tertiary/aromatic N) is 2. The van der Waals surface area contributed by atoms with Crippen molar-refractivity contribution in [1.29, 1.82) is 0 Å². The summed E-state index contributed by atoms with van der Waals surface area (Å²) in [4.78, 5) is 13.8. The molecule has 1 fully saturated rings. The van der Waals surface area contributed by atoms with Crippen LogP contribution in [0.4, 0.5) is 5.82 Å². The van der Waals surface area contributed by atoms with E-state index < -0.39 is 0 Å². The summed E-state index contributed by atoms with van der Waals surface area (Å²) < 4.78 is 4.87. The Hall–Kier alpha value is -1.11. The SMILES string of the molecule is Cc1cc(NC(=O)CN2CCCC(N)C2)no1.Cl. The van der Waals surface area contributed by atoms with E-state index in [0.717, 1.165) is 25.9 Å². The standard InChI is InChI=1S/C11H18N4O2.ClH/c1-8-5-10(14-17-8)13-11(16)7-15-4-2-3-9(12)6-15;/h5,9H,2-4,6-7,12H2,1H3,(H,13,14,16);1H. The molecule has 1 aromatic heterocycles. The zero-order chi connectivity index (χ0) is 12.3. The van der Waals surface area contributed by atoms with Crippen molar-refractivity contribution < 1.29 is 9.32 Å². The van der Waals surface area contributed by atoms with Gasteiger partial charge in [-0.05, 0) is 26.3 Å². The van der Waals surface area contributed by atoms with Gasteiger partial charge in [0.1, 0.15) is 5.76 Å². The number of rotatable bonds is 3. The summed E-state index contributed by atoms with van der Waals surface area (Å²) in [7, 11) is 0. The van der Waals surface area contributed by atoms with Crippen LogP contribution in [0, 0.1) is 6.92 Å². The number of nitrogens with two attached hydrogens (primary N) is 1. The summed E-state index contributed by atoms with van der Waals surface area (Å²) >= 11 is 0. The molecule has 0 bridgehead atoms. The molecule has 0 saturated carbocycles. The van der Waals surface area contributed by atoms with Crippen LogP contribution in [0.3, 0.4) is 0 Å². The van der Waals surface area contributed by atoms with E-state index in [1.807, 2.05) is 0 Å². The number of nitrogens with one attached hydrogen (secondary N) is 1. The van der Waals surface area contributed by atoms with Gasteiger partial charge in [0, 0.05) is 18.7 Å². The normalized spacial score (nSPS) is 20.2. The fraction of sp³-hybridized carbons (Fsp3) is 0.636. The van der Waals surface area contributed by atoms with Crippen molar-refractivity contribution in [2.45, 2.75) is 25.8 Å². The molecule has 1 aliphatic rings. The van der Waals surface area contributed by atoms with Crippen LogP contribution in [0.15, 0.2) is 10.6 Å². The predicted octanol–water partition coefficient (Wildman–Crippen LogP) is 0.766. The van der Waals surface area contributed by atoms with E-state index in [-0.39, 0.29) is 24.4 Å². The van der Waals surface area contributed by atoms with Crippen molar-refractivity contribution in [3.63, 3.8) is 0 Å². The average Bonchev–Trinajstić information content (AvgIpc) is 2.63. The molecule has 1 amide bonds. The zero-order valence-electron chi connectivity index (χ0n) is 10.4. The molecular weight excluding hydrogens is 256 g/mol. The molecule has 0 radical (unpaired) electrons. The van der Waals surface area contributed by atoms with Crippen molar-refractivity contribution in [1.82, 2.24) is 10.1 Å². The first kappa shape index (κ1) is 14.9. The third-order valence-corrected chi connectivity index (χ3v) is 2.80. The van der Waals surface area contributed by atoms with Crippen molar-refractivity contribution in [2.75, 3.05) is 25.0 Å². The van der Waals surface area contributed by atoms with E-state index in [9.17, 15) is 4.79 Å². The number of hydrogen-bond acceptors (Lipinski definition) is 5. The van der Waals surface area contributed by atoms with Gasteiger partial charge in [-0.2, -0.15) is 0 Å². The van der Waals surface area contributed by atoms with Crippen molar-refractivity contribution in [3.8, 4) is 0 Å². The van der Waals surface area contributed by atoms with Crippen LogP contribution in [0.25, 0.3) is 0 Å². The molecule has 1 atom stereocenters. The lowest BCUT2D eigenvalue weighted by molar-refractivity contribution is -0.117. The third-order valence-electron chi connectivity index (χ3n) is 2.80. The monoisotopic (exact) mass is 274 g/mol. The van der Waals surface area contributed by atoms with Gasteiger partial charge in [-0.3, -0.25) is 9.69 Å². The number of halogens is 1. The van der Waals surface area contributed by atoms with E-state index in [1.165, 1.54) is 0 Å². The summed E-state index contributed by atoms with van der Waals surface area (Å²) in [5, 5.41) is 6.41. The number of piperidine rings is 1. The van der Waals surface area contributed by atoms with Gasteiger partial charge >= 0.3 is 0 Å². The van der Waals surface area contributed by atoms with Gasteiger partial charge in [-0.25, -0.2) is 0 Å². The minimum atomic E-state index is -0.0765. The van der Waals surface area contributed by atoms with Gasteiger partial charge in [0.05, 0.1) is 6.54 Å². The Bertz CT molecular complexity index is 396. The lowest BCUT2D eigenvalue weighted by Crippen LogP contribution is -2.45. The minimum Gasteiger partial charge on any atom is -0.360 e. The molecule has 7 heteroatoms. The molecule has 1 unspecified atom stereocenters. The molecule has 102 valence electrons. The number of aromatic nitrogens is 1. The second-order valence-electron chi connectivity index (χ2n) is 4.51. The summed E-state index contributed by atoms with van der Waals surface area (Å²) in [6.45, 7) is 3.86. The fourth-order valence-electron chi connectivity index (χ4n) is 2.05. The van der Waals surface area contributed by atoms with Crippen LogP contribution < -0.4 is 11.1 Å². The quantitative estimate of drug-likeness (QED) is 0.850. The largest absolute Gasteiger partial charge is 0.360 e. The minimum absolute atomic E-state index is 0. The first-order valence-electron chi connectivity index (χ1n) is 5.84. The molecule has 0 aliphatic carbocycles. The van der Waals surface area contributed by atoms with Crippen LogP contribution in [0.5, 0.6) is 0 Å². The molecule has 2 rings (SSSR count). The number of likely N-dealkylation sites (tertiary alicyclic amines) is 1. The van der Waals surface area contributed by atoms with Gasteiger partial charge < -0.3 is 15.6 Å². The molecule has 0 aromatic carbocycles. The second-order valence-corrected chi connectivity index (χ2v) is 4.51. The van der Waals surface area contributed by atoms with Gasteiger partial charge in [0.15, 0.2) is 5.82 Å². The molecule has 1 saturated heterocycles. The lowest BCUT2D eigenvalue weighted by atomic mass is 10.1. The molecule has 3 N–H and O–H groups in total. The molecule has 2 heterocycles. The van der Waals surface area contributed by atoms with E-state index in [1.54, 1.807) is 13.0 Å². The number of anilines is 1. The molecular formula is C11H19ClN4O2. The third kappa shape index (κ3) is 4.29. The highest BCUT2D eigenvalue weighted by atomic mass is 35.5. The highest BCUT2D eigenvalue weighted by molar-refractivity contribution is 5.91. The number of amides is 1. The Morgan fingerprint density at radius 3 is 3.11 bits per heavy atom. The highest BCUT2D eigenvalue weighted by Crippen LogP contribution is 2.09. The first-order chi connectivity index (χ1) is 8.13. The molecule has 1 aromatic rings. The Morgan fingerprint density at radius 2 is 2.50 bits per heavy atom. The number of carbonyl (C=O) groups is 1. The van der Waals surface area contributed by atoms with Crippen molar-refractivity contribution >= 4 is 24.1 Å². The first-order valence-corrected chi connectivity index (χ1v) is 5.84. The topological polar surface area (TPSA) is 84.4 Å². The van der Waals surface area contributed by atoms with Gasteiger partial charge in [-0.15, -0.1) is 12.4 Å². The summed E-state index contributed by atoms with van der Waals surface area (Å²) in [6.07, 6.45) is 2.10. The second kappa shape index (κ2) is 6.72. The summed E-state index contributed by atoms with van der Waals surface area (Å²) in [5.74, 6) is 1.07. The van der Waals surface area contributed by atoms with E-state index in [2.05, 4.69) is 15.4 Å². The van der Waals surface area contributed by atoms with Crippen LogP contribution in [0.2, 0.25) is 0 Å². The molecule has 1 aliphatic heterocycles.